The summed E-state index contributed by atoms with van der Waals surface area (Å²) >= 11 is 0. The highest BCUT2D eigenvalue weighted by Gasteiger charge is 2.51. The fraction of sp³-hybridized carbons (Fsp3) is 0.938. The van der Waals surface area contributed by atoms with E-state index in [1.807, 2.05) is 7.05 Å². The third kappa shape index (κ3) is 4.45. The van der Waals surface area contributed by atoms with Crippen LogP contribution in [0.15, 0.2) is 0 Å². The number of methoxy groups -OCH3 is 1. The summed E-state index contributed by atoms with van der Waals surface area (Å²) in [5.74, 6) is 0.765. The normalized spacial score (nSPS) is 19.4. The molecule has 0 radical (unpaired) electrons. The molecule has 1 N–H and O–H groups in total. The SMILES string of the molecule is CCCCC(CC)COCC(NC)(C(=O)OC)C1CC1. The maximum atomic E-state index is 12.1. The van der Waals surface area contributed by atoms with E-state index in [0.717, 1.165) is 25.9 Å². The molecule has 4 heteroatoms. The van der Waals surface area contributed by atoms with Gasteiger partial charge in [0.15, 0.2) is 0 Å². The summed E-state index contributed by atoms with van der Waals surface area (Å²) < 4.78 is 10.9. The highest BCUT2D eigenvalue weighted by atomic mass is 16.5. The second-order valence-corrected chi connectivity index (χ2v) is 5.92. The van der Waals surface area contributed by atoms with Crippen molar-refractivity contribution < 1.29 is 14.3 Å². The van der Waals surface area contributed by atoms with Crippen molar-refractivity contribution in [3.63, 3.8) is 0 Å². The highest BCUT2D eigenvalue weighted by molar-refractivity contribution is 5.82. The predicted octanol–water partition coefficient (Wildman–Crippen LogP) is 2.76. The van der Waals surface area contributed by atoms with Crippen LogP contribution in [0.25, 0.3) is 0 Å². The lowest BCUT2D eigenvalue weighted by molar-refractivity contribution is -0.153. The first kappa shape index (κ1) is 17.4. The van der Waals surface area contributed by atoms with Gasteiger partial charge in [0, 0.05) is 6.61 Å². The van der Waals surface area contributed by atoms with Crippen molar-refractivity contribution in [3.05, 3.63) is 0 Å². The molecule has 0 aliphatic heterocycles. The van der Waals surface area contributed by atoms with Gasteiger partial charge in [0.2, 0.25) is 0 Å². The lowest BCUT2D eigenvalue weighted by Gasteiger charge is -2.31. The number of ether oxygens (including phenoxy) is 2. The number of carbonyl (C=O) groups excluding carboxylic acids is 1. The third-order valence-corrected chi connectivity index (χ3v) is 4.50. The minimum atomic E-state index is -0.641. The summed E-state index contributed by atoms with van der Waals surface area (Å²) in [5.41, 5.74) is -0.641. The van der Waals surface area contributed by atoms with Crippen molar-refractivity contribution in [2.24, 2.45) is 11.8 Å². The first-order chi connectivity index (χ1) is 9.64. The molecule has 1 rings (SSSR count). The van der Waals surface area contributed by atoms with Crippen molar-refractivity contribution in [3.8, 4) is 0 Å². The van der Waals surface area contributed by atoms with Crippen molar-refractivity contribution in [1.29, 1.82) is 0 Å². The minimum absolute atomic E-state index is 0.191. The lowest BCUT2D eigenvalue weighted by atomic mass is 9.94. The zero-order valence-electron chi connectivity index (χ0n) is 13.5. The Morgan fingerprint density at radius 2 is 2.10 bits per heavy atom. The van der Waals surface area contributed by atoms with E-state index < -0.39 is 5.54 Å². The number of hydrogen-bond acceptors (Lipinski definition) is 4. The van der Waals surface area contributed by atoms with Crippen LogP contribution < -0.4 is 5.32 Å². The highest BCUT2D eigenvalue weighted by Crippen LogP contribution is 2.40. The fourth-order valence-corrected chi connectivity index (χ4v) is 2.76. The number of rotatable bonds is 11. The molecule has 0 saturated heterocycles. The van der Waals surface area contributed by atoms with Crippen LogP contribution in [0.5, 0.6) is 0 Å². The first-order valence-corrected chi connectivity index (χ1v) is 7.99. The molecule has 0 aromatic carbocycles. The largest absolute Gasteiger partial charge is 0.468 e. The van der Waals surface area contributed by atoms with Gasteiger partial charge in [-0.25, -0.2) is 4.79 Å². The molecular weight excluding hydrogens is 254 g/mol. The molecule has 1 aliphatic rings. The zero-order valence-corrected chi connectivity index (χ0v) is 13.5. The molecule has 0 bridgehead atoms. The molecule has 0 heterocycles. The second kappa shape index (κ2) is 8.63. The standard InChI is InChI=1S/C16H31NO3/c1-5-7-8-13(6-2)11-20-12-16(17-3,14-9-10-14)15(18)19-4/h13-14,17H,5-12H2,1-4H3. The number of unbranched alkanes of at least 4 members (excludes halogenated alkanes) is 1. The van der Waals surface area contributed by atoms with Gasteiger partial charge in [0.1, 0.15) is 5.54 Å². The monoisotopic (exact) mass is 285 g/mol. The van der Waals surface area contributed by atoms with Crippen LogP contribution in [0.3, 0.4) is 0 Å². The molecule has 0 aromatic rings. The van der Waals surface area contributed by atoms with Gasteiger partial charge < -0.3 is 14.8 Å². The van der Waals surface area contributed by atoms with Crippen LogP contribution in [0.4, 0.5) is 0 Å². The number of esters is 1. The molecule has 2 unspecified atom stereocenters. The van der Waals surface area contributed by atoms with Gasteiger partial charge in [-0.1, -0.05) is 33.1 Å². The smallest absolute Gasteiger partial charge is 0.328 e. The van der Waals surface area contributed by atoms with E-state index >= 15 is 0 Å². The lowest BCUT2D eigenvalue weighted by Crippen LogP contribution is -2.56. The molecule has 4 nitrogen and oxygen atoms in total. The van der Waals surface area contributed by atoms with Gasteiger partial charge in [-0.2, -0.15) is 0 Å². The first-order valence-electron chi connectivity index (χ1n) is 7.99. The van der Waals surface area contributed by atoms with E-state index in [9.17, 15) is 4.79 Å². The molecule has 0 aromatic heterocycles. The Balaban J connectivity index is 2.48. The molecule has 118 valence electrons. The van der Waals surface area contributed by atoms with E-state index in [1.165, 1.54) is 26.4 Å². The van der Waals surface area contributed by atoms with E-state index in [2.05, 4.69) is 19.2 Å². The van der Waals surface area contributed by atoms with E-state index in [1.54, 1.807) is 0 Å². The Labute approximate surface area is 123 Å². The number of hydrogen-bond donors (Lipinski definition) is 1. The Hall–Kier alpha value is -0.610. The van der Waals surface area contributed by atoms with Crippen molar-refractivity contribution in [2.75, 3.05) is 27.4 Å². The molecule has 1 saturated carbocycles. The van der Waals surface area contributed by atoms with Crippen molar-refractivity contribution >= 4 is 5.97 Å². The Bertz CT molecular complexity index is 291. The van der Waals surface area contributed by atoms with E-state index in [4.69, 9.17) is 9.47 Å². The van der Waals surface area contributed by atoms with Gasteiger partial charge in [0.25, 0.3) is 0 Å². The van der Waals surface area contributed by atoms with Gasteiger partial charge >= 0.3 is 5.97 Å². The summed E-state index contributed by atoms with van der Waals surface area (Å²) in [6.45, 7) is 5.58. The van der Waals surface area contributed by atoms with Crippen LogP contribution in [-0.4, -0.2) is 38.9 Å². The topological polar surface area (TPSA) is 47.6 Å². The van der Waals surface area contributed by atoms with Gasteiger partial charge in [0.05, 0.1) is 13.7 Å². The third-order valence-electron chi connectivity index (χ3n) is 4.50. The van der Waals surface area contributed by atoms with E-state index in [0.29, 0.717) is 18.4 Å². The minimum Gasteiger partial charge on any atom is -0.468 e. The maximum absolute atomic E-state index is 12.1. The molecule has 2 atom stereocenters. The molecular formula is C16H31NO3. The summed E-state index contributed by atoms with van der Waals surface area (Å²) in [4.78, 5) is 12.1. The quantitative estimate of drug-likeness (QED) is 0.593. The molecule has 20 heavy (non-hydrogen) atoms. The van der Waals surface area contributed by atoms with Crippen LogP contribution >= 0.6 is 0 Å². The average molecular weight is 285 g/mol. The number of likely N-dealkylation sites (N-methyl/N-ethyl adjacent to an activating group) is 1. The molecule has 1 fully saturated rings. The van der Waals surface area contributed by atoms with Crippen LogP contribution in [0, 0.1) is 11.8 Å². The van der Waals surface area contributed by atoms with Crippen molar-refractivity contribution in [1.82, 2.24) is 5.32 Å². The number of nitrogens with one attached hydrogen (secondary N) is 1. The summed E-state index contributed by atoms with van der Waals surface area (Å²) in [5, 5.41) is 3.16. The second-order valence-electron chi connectivity index (χ2n) is 5.92. The van der Waals surface area contributed by atoms with Crippen LogP contribution in [-0.2, 0) is 14.3 Å². The van der Waals surface area contributed by atoms with Crippen molar-refractivity contribution in [2.45, 2.75) is 57.9 Å². The summed E-state index contributed by atoms with van der Waals surface area (Å²) in [6.07, 6.45) is 6.97. The number of carbonyl (C=O) groups is 1. The average Bonchev–Trinajstić information content (AvgIpc) is 3.31. The Kier molecular flexibility index (Phi) is 7.52. The van der Waals surface area contributed by atoms with E-state index in [-0.39, 0.29) is 5.97 Å². The molecule has 0 amide bonds. The predicted molar refractivity (Wildman–Crippen MR) is 80.7 cm³/mol. The van der Waals surface area contributed by atoms with Crippen LogP contribution in [0.1, 0.15) is 52.4 Å². The maximum Gasteiger partial charge on any atom is 0.328 e. The molecule has 0 spiro atoms. The Morgan fingerprint density at radius 1 is 1.40 bits per heavy atom. The van der Waals surface area contributed by atoms with Gasteiger partial charge in [-0.05, 0) is 38.1 Å². The van der Waals surface area contributed by atoms with Gasteiger partial charge in [-0.3, -0.25) is 0 Å². The molecule has 1 aliphatic carbocycles. The fourth-order valence-electron chi connectivity index (χ4n) is 2.76. The van der Waals surface area contributed by atoms with Crippen LogP contribution in [0.2, 0.25) is 0 Å². The van der Waals surface area contributed by atoms with Gasteiger partial charge in [-0.15, -0.1) is 0 Å². The summed E-state index contributed by atoms with van der Waals surface area (Å²) in [6, 6.07) is 0. The Morgan fingerprint density at radius 3 is 2.55 bits per heavy atom. The zero-order chi connectivity index (χ0) is 15.0. The summed E-state index contributed by atoms with van der Waals surface area (Å²) in [7, 11) is 3.28.